The lowest BCUT2D eigenvalue weighted by atomic mass is 9.94. The fraction of sp³-hybridized carbons (Fsp3) is 0.778. The quantitative estimate of drug-likeness (QED) is 0.654. The normalized spacial score (nSPS) is 28.2. The number of amides is 1. The van der Waals surface area contributed by atoms with E-state index in [1.807, 2.05) is 6.92 Å². The van der Waals surface area contributed by atoms with Crippen LogP contribution >= 0.6 is 0 Å². The van der Waals surface area contributed by atoms with E-state index < -0.39 is 5.91 Å². The highest BCUT2D eigenvalue weighted by Gasteiger charge is 2.29. The molecule has 1 rings (SSSR count). The lowest BCUT2D eigenvalue weighted by Crippen LogP contribution is -2.33. The molecule has 2 N–H and O–H groups in total. The second-order valence-electron chi connectivity index (χ2n) is 3.41. The summed E-state index contributed by atoms with van der Waals surface area (Å²) in [6, 6.07) is 0. The molecule has 0 bridgehead atoms. The molecule has 0 spiro atoms. The minimum atomic E-state index is -0.433. The van der Waals surface area contributed by atoms with Crippen LogP contribution in [0.3, 0.4) is 0 Å². The highest BCUT2D eigenvalue weighted by atomic mass is 16.5. The molecule has 4 heteroatoms. The van der Waals surface area contributed by atoms with Gasteiger partial charge in [-0.3, -0.25) is 9.59 Å². The molecule has 0 aromatic heterocycles. The minimum absolute atomic E-state index is 0.0385. The van der Waals surface area contributed by atoms with Crippen LogP contribution in [0.5, 0.6) is 0 Å². The molecule has 1 saturated heterocycles. The van der Waals surface area contributed by atoms with Gasteiger partial charge in [0.05, 0.1) is 5.92 Å². The summed E-state index contributed by atoms with van der Waals surface area (Å²) in [5.41, 5.74) is 5.01. The Morgan fingerprint density at radius 2 is 2.31 bits per heavy atom. The summed E-state index contributed by atoms with van der Waals surface area (Å²) in [6.07, 6.45) is 2.57. The molecular formula is C9H15NO3. The standard InChI is InChI=1S/C9H15NO3/c1-2-7-4-3-6(5-8(10)11)9(12)13-7/h6-7H,2-5H2,1H3,(H2,10,11). The third kappa shape index (κ3) is 2.72. The zero-order valence-electron chi connectivity index (χ0n) is 7.79. The molecule has 0 radical (unpaired) electrons. The largest absolute Gasteiger partial charge is 0.462 e. The zero-order valence-corrected chi connectivity index (χ0v) is 7.79. The van der Waals surface area contributed by atoms with Gasteiger partial charge in [-0.25, -0.2) is 0 Å². The summed E-state index contributed by atoms with van der Waals surface area (Å²) in [4.78, 5) is 21.8. The summed E-state index contributed by atoms with van der Waals surface area (Å²) in [7, 11) is 0. The Bertz CT molecular complexity index is 215. The first-order valence-electron chi connectivity index (χ1n) is 4.62. The van der Waals surface area contributed by atoms with Crippen molar-refractivity contribution >= 4 is 11.9 Å². The first-order valence-corrected chi connectivity index (χ1v) is 4.62. The van der Waals surface area contributed by atoms with Crippen molar-refractivity contribution in [2.24, 2.45) is 11.7 Å². The number of carbonyl (C=O) groups excluding carboxylic acids is 2. The Balaban J connectivity index is 2.44. The number of hydrogen-bond acceptors (Lipinski definition) is 3. The molecule has 1 heterocycles. The average Bonchev–Trinajstić information content (AvgIpc) is 2.08. The van der Waals surface area contributed by atoms with Crippen LogP contribution in [0.2, 0.25) is 0 Å². The van der Waals surface area contributed by atoms with Crippen molar-refractivity contribution in [1.82, 2.24) is 0 Å². The number of primary amides is 1. The lowest BCUT2D eigenvalue weighted by Gasteiger charge is -2.26. The summed E-state index contributed by atoms with van der Waals surface area (Å²) >= 11 is 0. The molecule has 2 atom stereocenters. The van der Waals surface area contributed by atoms with E-state index in [0.717, 1.165) is 19.3 Å². The van der Waals surface area contributed by atoms with Gasteiger partial charge in [-0.05, 0) is 19.3 Å². The molecule has 2 unspecified atom stereocenters. The minimum Gasteiger partial charge on any atom is -0.462 e. The Kier molecular flexibility index (Phi) is 3.28. The molecule has 1 aliphatic rings. The number of rotatable bonds is 3. The predicted molar refractivity (Wildman–Crippen MR) is 46.7 cm³/mol. The van der Waals surface area contributed by atoms with Crippen molar-refractivity contribution in [3.63, 3.8) is 0 Å². The van der Waals surface area contributed by atoms with Crippen molar-refractivity contribution in [2.75, 3.05) is 0 Å². The molecule has 1 fully saturated rings. The maximum absolute atomic E-state index is 11.3. The van der Waals surface area contributed by atoms with Crippen LogP contribution in [0, 0.1) is 5.92 Å². The van der Waals surface area contributed by atoms with Crippen molar-refractivity contribution in [2.45, 2.75) is 38.7 Å². The number of esters is 1. The highest BCUT2D eigenvalue weighted by molar-refractivity contribution is 5.82. The smallest absolute Gasteiger partial charge is 0.309 e. The van der Waals surface area contributed by atoms with Gasteiger partial charge in [0.25, 0.3) is 0 Å². The number of hydrogen-bond donors (Lipinski definition) is 1. The first kappa shape index (κ1) is 10.0. The highest BCUT2D eigenvalue weighted by Crippen LogP contribution is 2.24. The van der Waals surface area contributed by atoms with Crippen molar-refractivity contribution < 1.29 is 14.3 Å². The number of carbonyl (C=O) groups is 2. The number of nitrogens with two attached hydrogens (primary N) is 1. The molecule has 0 aromatic rings. The molecule has 0 saturated carbocycles. The Morgan fingerprint density at radius 1 is 1.62 bits per heavy atom. The van der Waals surface area contributed by atoms with Crippen molar-refractivity contribution in [1.29, 1.82) is 0 Å². The van der Waals surface area contributed by atoms with Gasteiger partial charge in [-0.15, -0.1) is 0 Å². The fourth-order valence-electron chi connectivity index (χ4n) is 1.54. The first-order chi connectivity index (χ1) is 6.13. The van der Waals surface area contributed by atoms with Gasteiger partial charge in [0.15, 0.2) is 0 Å². The van der Waals surface area contributed by atoms with E-state index in [2.05, 4.69) is 0 Å². The van der Waals surface area contributed by atoms with Crippen LogP contribution < -0.4 is 5.73 Å². The molecule has 74 valence electrons. The molecule has 0 aromatic carbocycles. The molecular weight excluding hydrogens is 170 g/mol. The molecule has 13 heavy (non-hydrogen) atoms. The van der Waals surface area contributed by atoms with Gasteiger partial charge in [-0.1, -0.05) is 6.92 Å². The van der Waals surface area contributed by atoms with Crippen LogP contribution in [0.4, 0.5) is 0 Å². The molecule has 1 amide bonds. The predicted octanol–water partition coefficient (Wildman–Crippen LogP) is 0.594. The van der Waals surface area contributed by atoms with E-state index in [4.69, 9.17) is 10.5 Å². The van der Waals surface area contributed by atoms with Gasteiger partial charge in [-0.2, -0.15) is 0 Å². The Morgan fingerprint density at radius 3 is 2.77 bits per heavy atom. The van der Waals surface area contributed by atoms with Gasteiger partial charge >= 0.3 is 5.97 Å². The Hall–Kier alpha value is -1.06. The van der Waals surface area contributed by atoms with Crippen molar-refractivity contribution in [3.05, 3.63) is 0 Å². The third-order valence-electron chi connectivity index (χ3n) is 2.36. The Labute approximate surface area is 77.4 Å². The molecule has 1 aliphatic heterocycles. The number of ether oxygens (including phenoxy) is 1. The molecule has 0 aliphatic carbocycles. The van der Waals surface area contributed by atoms with Gasteiger partial charge in [0.1, 0.15) is 6.10 Å². The average molecular weight is 185 g/mol. The van der Waals surface area contributed by atoms with Crippen LogP contribution in [0.15, 0.2) is 0 Å². The topological polar surface area (TPSA) is 69.4 Å². The third-order valence-corrected chi connectivity index (χ3v) is 2.36. The number of cyclic esters (lactones) is 1. The van der Waals surface area contributed by atoms with E-state index in [1.165, 1.54) is 0 Å². The molecule has 4 nitrogen and oxygen atoms in total. The van der Waals surface area contributed by atoms with E-state index in [0.29, 0.717) is 0 Å². The van der Waals surface area contributed by atoms with Crippen LogP contribution in [-0.4, -0.2) is 18.0 Å². The van der Waals surface area contributed by atoms with E-state index in [9.17, 15) is 9.59 Å². The van der Waals surface area contributed by atoms with Crippen LogP contribution in [0.25, 0.3) is 0 Å². The van der Waals surface area contributed by atoms with Crippen molar-refractivity contribution in [3.8, 4) is 0 Å². The fourth-order valence-corrected chi connectivity index (χ4v) is 1.54. The van der Waals surface area contributed by atoms with Crippen LogP contribution in [0.1, 0.15) is 32.6 Å². The van der Waals surface area contributed by atoms with Gasteiger partial charge in [0.2, 0.25) is 5.91 Å². The SMILES string of the molecule is CCC1CCC(CC(N)=O)C(=O)O1. The van der Waals surface area contributed by atoms with E-state index in [1.54, 1.807) is 0 Å². The van der Waals surface area contributed by atoms with Gasteiger partial charge < -0.3 is 10.5 Å². The maximum Gasteiger partial charge on any atom is 0.309 e. The monoisotopic (exact) mass is 185 g/mol. The maximum atomic E-state index is 11.3. The van der Waals surface area contributed by atoms with Gasteiger partial charge in [0, 0.05) is 6.42 Å². The van der Waals surface area contributed by atoms with E-state index in [-0.39, 0.29) is 24.4 Å². The lowest BCUT2D eigenvalue weighted by molar-refractivity contribution is -0.161. The summed E-state index contributed by atoms with van der Waals surface area (Å²) < 4.78 is 5.10. The summed E-state index contributed by atoms with van der Waals surface area (Å²) in [6.45, 7) is 1.98. The second kappa shape index (κ2) is 4.25. The zero-order chi connectivity index (χ0) is 9.84. The van der Waals surface area contributed by atoms with Crippen LogP contribution in [-0.2, 0) is 14.3 Å². The van der Waals surface area contributed by atoms with E-state index >= 15 is 0 Å². The summed E-state index contributed by atoms with van der Waals surface area (Å²) in [5, 5.41) is 0. The second-order valence-corrected chi connectivity index (χ2v) is 3.41. The summed E-state index contributed by atoms with van der Waals surface area (Å²) in [5.74, 6) is -1.01.